The predicted octanol–water partition coefficient (Wildman–Crippen LogP) is 2.97. The Hall–Kier alpha value is -1.89. The first kappa shape index (κ1) is 15.5. The molecule has 0 atom stereocenters. The van der Waals surface area contributed by atoms with Gasteiger partial charge in [-0.2, -0.15) is 0 Å². The number of nitrogens with one attached hydrogen (secondary N) is 2. The fourth-order valence-electron chi connectivity index (χ4n) is 1.81. The molecule has 0 fully saturated rings. The van der Waals surface area contributed by atoms with Crippen LogP contribution in [0.15, 0.2) is 48.5 Å². The Bertz CT molecular complexity index is 657. The summed E-state index contributed by atoms with van der Waals surface area (Å²) in [6.45, 7) is 1.89. The van der Waals surface area contributed by atoms with Gasteiger partial charge in [0.15, 0.2) is 0 Å². The van der Waals surface area contributed by atoms with Gasteiger partial charge in [0.2, 0.25) is 5.91 Å². The van der Waals surface area contributed by atoms with Crippen molar-refractivity contribution in [3.8, 4) is 0 Å². The van der Waals surface area contributed by atoms with Crippen LogP contribution in [-0.2, 0) is 4.79 Å². The van der Waals surface area contributed by atoms with Crippen LogP contribution < -0.4 is 10.6 Å². The normalized spacial score (nSPS) is 10.0. The number of carbonyl (C=O) groups excluding carboxylic acids is 2. The summed E-state index contributed by atoms with van der Waals surface area (Å²) in [6, 6.07) is 14.7. The van der Waals surface area contributed by atoms with E-state index in [1.54, 1.807) is 18.2 Å². The van der Waals surface area contributed by atoms with Crippen LogP contribution in [0.5, 0.6) is 0 Å². The van der Waals surface area contributed by atoms with E-state index in [1.165, 1.54) is 0 Å². The van der Waals surface area contributed by atoms with E-state index in [0.29, 0.717) is 11.3 Å². The van der Waals surface area contributed by atoms with Gasteiger partial charge in [-0.15, -0.1) is 0 Å². The molecule has 21 heavy (non-hydrogen) atoms. The van der Waals surface area contributed by atoms with E-state index in [0.717, 1.165) is 9.13 Å². The molecule has 2 aromatic rings. The lowest BCUT2D eigenvalue weighted by Gasteiger charge is -2.09. The molecule has 2 rings (SSSR count). The largest absolute Gasteiger partial charge is 0.343 e. The standard InChI is InChI=1S/C16H15IN2O2/c1-11-6-5-9-13(15(11)17)16(21)18-10-14(20)19-12-7-3-2-4-8-12/h2-9H,10H2,1H3,(H,18,21)(H,19,20). The summed E-state index contributed by atoms with van der Waals surface area (Å²) in [5.74, 6) is -0.497. The number of carbonyl (C=O) groups is 2. The van der Waals surface area contributed by atoms with Crippen LogP contribution in [0.2, 0.25) is 0 Å². The number of aryl methyl sites for hydroxylation is 1. The van der Waals surface area contributed by atoms with Gasteiger partial charge in [0.1, 0.15) is 0 Å². The summed E-state index contributed by atoms with van der Waals surface area (Å²) in [5, 5.41) is 5.35. The number of anilines is 1. The summed E-state index contributed by atoms with van der Waals surface area (Å²) in [7, 11) is 0. The molecular formula is C16H15IN2O2. The quantitative estimate of drug-likeness (QED) is 0.784. The third kappa shape index (κ3) is 4.29. The average molecular weight is 394 g/mol. The minimum atomic E-state index is -0.253. The molecule has 2 N–H and O–H groups in total. The zero-order chi connectivity index (χ0) is 15.2. The number of para-hydroxylation sites is 1. The minimum Gasteiger partial charge on any atom is -0.343 e. The highest BCUT2D eigenvalue weighted by molar-refractivity contribution is 14.1. The van der Waals surface area contributed by atoms with Gasteiger partial charge in [0.25, 0.3) is 5.91 Å². The van der Waals surface area contributed by atoms with E-state index in [9.17, 15) is 9.59 Å². The van der Waals surface area contributed by atoms with Crippen LogP contribution in [-0.4, -0.2) is 18.4 Å². The number of benzene rings is 2. The van der Waals surface area contributed by atoms with Gasteiger partial charge < -0.3 is 10.6 Å². The molecular weight excluding hydrogens is 379 g/mol. The van der Waals surface area contributed by atoms with Crippen LogP contribution in [0.4, 0.5) is 5.69 Å². The molecule has 0 aliphatic rings. The Morgan fingerprint density at radius 2 is 1.76 bits per heavy atom. The maximum absolute atomic E-state index is 12.1. The smallest absolute Gasteiger partial charge is 0.252 e. The summed E-state index contributed by atoms with van der Waals surface area (Å²) in [4.78, 5) is 23.9. The van der Waals surface area contributed by atoms with Gasteiger partial charge in [-0.3, -0.25) is 9.59 Å². The zero-order valence-electron chi connectivity index (χ0n) is 11.5. The molecule has 0 saturated heterocycles. The maximum Gasteiger partial charge on any atom is 0.252 e. The molecule has 0 aromatic heterocycles. The fraction of sp³-hybridized carbons (Fsp3) is 0.125. The first-order valence-corrected chi connectivity index (χ1v) is 7.54. The SMILES string of the molecule is Cc1cccc(C(=O)NCC(=O)Nc2ccccc2)c1I. The molecule has 0 aliphatic carbocycles. The number of amides is 2. The second-order valence-corrected chi connectivity index (χ2v) is 5.61. The lowest BCUT2D eigenvalue weighted by molar-refractivity contribution is -0.115. The van der Waals surface area contributed by atoms with E-state index in [-0.39, 0.29) is 18.4 Å². The van der Waals surface area contributed by atoms with Gasteiger partial charge in [-0.05, 0) is 53.3 Å². The molecule has 108 valence electrons. The van der Waals surface area contributed by atoms with E-state index in [1.807, 2.05) is 37.3 Å². The third-order valence-corrected chi connectivity index (χ3v) is 4.34. The van der Waals surface area contributed by atoms with Gasteiger partial charge in [0, 0.05) is 9.26 Å². The van der Waals surface area contributed by atoms with Crippen LogP contribution in [0, 0.1) is 10.5 Å². The average Bonchev–Trinajstić information content (AvgIpc) is 2.48. The van der Waals surface area contributed by atoms with Crippen molar-refractivity contribution in [2.75, 3.05) is 11.9 Å². The second-order valence-electron chi connectivity index (χ2n) is 4.53. The Balaban J connectivity index is 1.92. The Kier molecular flexibility index (Phi) is 5.32. The van der Waals surface area contributed by atoms with E-state index in [2.05, 4.69) is 33.2 Å². The predicted molar refractivity (Wildman–Crippen MR) is 91.3 cm³/mol. The summed E-state index contributed by atoms with van der Waals surface area (Å²) in [6.07, 6.45) is 0. The third-order valence-electron chi connectivity index (χ3n) is 2.90. The van der Waals surface area contributed by atoms with Crippen molar-refractivity contribution in [1.29, 1.82) is 0 Å². The van der Waals surface area contributed by atoms with E-state index < -0.39 is 0 Å². The molecule has 0 radical (unpaired) electrons. The van der Waals surface area contributed by atoms with Crippen molar-refractivity contribution < 1.29 is 9.59 Å². The second kappa shape index (κ2) is 7.21. The van der Waals surface area contributed by atoms with Gasteiger partial charge in [0.05, 0.1) is 12.1 Å². The van der Waals surface area contributed by atoms with E-state index in [4.69, 9.17) is 0 Å². The molecule has 0 saturated carbocycles. The number of halogens is 1. The van der Waals surface area contributed by atoms with Crippen molar-refractivity contribution in [3.63, 3.8) is 0 Å². The molecule has 0 aliphatic heterocycles. The molecule has 0 heterocycles. The Morgan fingerprint density at radius 1 is 1.05 bits per heavy atom. The van der Waals surface area contributed by atoms with Gasteiger partial charge >= 0.3 is 0 Å². The molecule has 0 bridgehead atoms. The number of hydrogen-bond donors (Lipinski definition) is 2. The molecule has 2 amide bonds. The van der Waals surface area contributed by atoms with Crippen molar-refractivity contribution >= 4 is 40.1 Å². The Labute approximate surface area is 137 Å². The van der Waals surface area contributed by atoms with E-state index >= 15 is 0 Å². The Morgan fingerprint density at radius 3 is 2.48 bits per heavy atom. The highest BCUT2D eigenvalue weighted by atomic mass is 127. The van der Waals surface area contributed by atoms with Crippen molar-refractivity contribution in [2.24, 2.45) is 0 Å². The van der Waals surface area contributed by atoms with Crippen LogP contribution in [0.1, 0.15) is 15.9 Å². The molecule has 4 nitrogen and oxygen atoms in total. The number of rotatable bonds is 4. The topological polar surface area (TPSA) is 58.2 Å². The van der Waals surface area contributed by atoms with Gasteiger partial charge in [-0.25, -0.2) is 0 Å². The van der Waals surface area contributed by atoms with Crippen LogP contribution in [0.25, 0.3) is 0 Å². The highest BCUT2D eigenvalue weighted by Gasteiger charge is 2.12. The van der Waals surface area contributed by atoms with Gasteiger partial charge in [-0.1, -0.05) is 30.3 Å². The van der Waals surface area contributed by atoms with Crippen molar-refractivity contribution in [3.05, 3.63) is 63.2 Å². The molecule has 0 unspecified atom stereocenters. The summed E-state index contributed by atoms with van der Waals surface area (Å²) in [5.41, 5.74) is 2.34. The maximum atomic E-state index is 12.1. The fourth-order valence-corrected chi connectivity index (χ4v) is 2.41. The first-order chi connectivity index (χ1) is 10.1. The first-order valence-electron chi connectivity index (χ1n) is 6.46. The van der Waals surface area contributed by atoms with Crippen molar-refractivity contribution in [2.45, 2.75) is 6.92 Å². The lowest BCUT2D eigenvalue weighted by Crippen LogP contribution is -2.33. The summed E-state index contributed by atoms with van der Waals surface area (Å²) >= 11 is 2.13. The monoisotopic (exact) mass is 394 g/mol. The summed E-state index contributed by atoms with van der Waals surface area (Å²) < 4.78 is 0.899. The number of hydrogen-bond acceptors (Lipinski definition) is 2. The highest BCUT2D eigenvalue weighted by Crippen LogP contribution is 2.16. The molecule has 5 heteroatoms. The van der Waals surface area contributed by atoms with Crippen molar-refractivity contribution in [1.82, 2.24) is 5.32 Å². The minimum absolute atomic E-state index is 0.0578. The molecule has 2 aromatic carbocycles. The van der Waals surface area contributed by atoms with Crippen LogP contribution in [0.3, 0.4) is 0 Å². The zero-order valence-corrected chi connectivity index (χ0v) is 13.7. The molecule has 0 spiro atoms. The van der Waals surface area contributed by atoms with Crippen LogP contribution >= 0.6 is 22.6 Å². The lowest BCUT2D eigenvalue weighted by atomic mass is 10.1.